The second kappa shape index (κ2) is 2.92. The van der Waals surface area contributed by atoms with E-state index in [9.17, 15) is 4.79 Å². The maximum atomic E-state index is 10.9. The molecule has 0 spiro atoms. The van der Waals surface area contributed by atoms with Gasteiger partial charge in [0.2, 0.25) is 0 Å². The highest BCUT2D eigenvalue weighted by atomic mass is 16.5. The number of ether oxygens (including phenoxy) is 1. The molecule has 1 atom stereocenters. The Labute approximate surface area is 73.6 Å². The van der Waals surface area contributed by atoms with E-state index in [1.54, 1.807) is 0 Å². The van der Waals surface area contributed by atoms with Gasteiger partial charge in [-0.2, -0.15) is 0 Å². The second-order valence-electron chi connectivity index (χ2n) is 4.60. The highest BCUT2D eigenvalue weighted by molar-refractivity contribution is 5.89. The molecule has 0 aliphatic carbocycles. The fourth-order valence-corrected chi connectivity index (χ4v) is 1.43. The van der Waals surface area contributed by atoms with E-state index in [0.717, 1.165) is 6.42 Å². The minimum absolute atomic E-state index is 0.0602. The Morgan fingerprint density at radius 1 is 1.58 bits per heavy atom. The highest BCUT2D eigenvalue weighted by Gasteiger charge is 2.30. The molecule has 1 aliphatic rings. The summed E-state index contributed by atoms with van der Waals surface area (Å²) in [6.45, 7) is 10.1. The van der Waals surface area contributed by atoms with Gasteiger partial charge in [0.05, 0.1) is 0 Å². The summed E-state index contributed by atoms with van der Waals surface area (Å²) in [7, 11) is 0. The van der Waals surface area contributed by atoms with Crippen LogP contribution < -0.4 is 0 Å². The Hall–Kier alpha value is -0.790. The van der Waals surface area contributed by atoms with Crippen LogP contribution in [0.2, 0.25) is 0 Å². The molecular formula is C10H16O2. The zero-order valence-electron chi connectivity index (χ0n) is 8.02. The lowest BCUT2D eigenvalue weighted by atomic mass is 9.88. The van der Waals surface area contributed by atoms with Gasteiger partial charge in [0, 0.05) is 12.0 Å². The maximum absolute atomic E-state index is 10.9. The topological polar surface area (TPSA) is 26.3 Å². The van der Waals surface area contributed by atoms with Gasteiger partial charge in [-0.05, 0) is 11.8 Å². The molecule has 1 saturated heterocycles. The Kier molecular flexibility index (Phi) is 2.27. The standard InChI is InChI=1S/C10H16O2/c1-7-5-8(12-9(7)11)6-10(2,3)4/h8H,1,5-6H2,2-4H3. The molecule has 0 saturated carbocycles. The fraction of sp³-hybridized carbons (Fsp3) is 0.700. The molecule has 2 heteroatoms. The molecule has 0 radical (unpaired) electrons. The average Bonchev–Trinajstić information content (AvgIpc) is 2.07. The van der Waals surface area contributed by atoms with E-state index >= 15 is 0 Å². The van der Waals surface area contributed by atoms with Gasteiger partial charge in [0.1, 0.15) is 6.10 Å². The molecule has 0 amide bonds. The Balaban J connectivity index is 2.48. The molecule has 12 heavy (non-hydrogen) atoms. The Morgan fingerprint density at radius 2 is 2.17 bits per heavy atom. The molecule has 1 fully saturated rings. The predicted molar refractivity (Wildman–Crippen MR) is 47.7 cm³/mol. The number of rotatable bonds is 1. The van der Waals surface area contributed by atoms with E-state index in [0.29, 0.717) is 12.0 Å². The minimum atomic E-state index is -0.218. The van der Waals surface area contributed by atoms with Gasteiger partial charge >= 0.3 is 5.97 Å². The molecule has 1 aliphatic heterocycles. The lowest BCUT2D eigenvalue weighted by Gasteiger charge is -2.21. The summed E-state index contributed by atoms with van der Waals surface area (Å²) in [6, 6.07) is 0. The second-order valence-corrected chi connectivity index (χ2v) is 4.60. The summed E-state index contributed by atoms with van der Waals surface area (Å²) in [5.74, 6) is -0.218. The van der Waals surface area contributed by atoms with Crippen LogP contribution in [0.25, 0.3) is 0 Å². The first-order valence-corrected chi connectivity index (χ1v) is 4.27. The molecule has 2 nitrogen and oxygen atoms in total. The van der Waals surface area contributed by atoms with Crippen molar-refractivity contribution in [2.24, 2.45) is 5.41 Å². The van der Waals surface area contributed by atoms with Crippen molar-refractivity contribution in [3.63, 3.8) is 0 Å². The van der Waals surface area contributed by atoms with E-state index in [1.807, 2.05) is 0 Å². The number of hydrogen-bond acceptors (Lipinski definition) is 2. The van der Waals surface area contributed by atoms with Crippen LogP contribution in [0.3, 0.4) is 0 Å². The molecule has 0 aromatic heterocycles. The molecule has 1 rings (SSSR count). The lowest BCUT2D eigenvalue weighted by molar-refractivity contribution is -0.139. The largest absolute Gasteiger partial charge is 0.459 e. The van der Waals surface area contributed by atoms with E-state index in [-0.39, 0.29) is 17.5 Å². The van der Waals surface area contributed by atoms with E-state index in [1.165, 1.54) is 0 Å². The first kappa shape index (κ1) is 9.30. The number of carbonyl (C=O) groups excluding carboxylic acids is 1. The van der Waals surface area contributed by atoms with Crippen LogP contribution in [0.5, 0.6) is 0 Å². The summed E-state index contributed by atoms with van der Waals surface area (Å²) in [5.41, 5.74) is 0.833. The normalized spacial score (nSPS) is 24.4. The quantitative estimate of drug-likeness (QED) is 0.443. The van der Waals surface area contributed by atoms with Crippen molar-refractivity contribution < 1.29 is 9.53 Å². The molecular weight excluding hydrogens is 152 g/mol. The van der Waals surface area contributed by atoms with Crippen molar-refractivity contribution >= 4 is 5.97 Å². The van der Waals surface area contributed by atoms with Crippen molar-refractivity contribution in [1.29, 1.82) is 0 Å². The fourth-order valence-electron chi connectivity index (χ4n) is 1.43. The van der Waals surface area contributed by atoms with Gasteiger partial charge in [0.15, 0.2) is 0 Å². The Morgan fingerprint density at radius 3 is 2.50 bits per heavy atom. The zero-order chi connectivity index (χ0) is 9.35. The zero-order valence-corrected chi connectivity index (χ0v) is 8.02. The maximum Gasteiger partial charge on any atom is 0.333 e. The van der Waals surface area contributed by atoms with Crippen LogP contribution in [-0.2, 0) is 9.53 Å². The van der Waals surface area contributed by atoms with Gasteiger partial charge in [-0.15, -0.1) is 0 Å². The summed E-state index contributed by atoms with van der Waals surface area (Å²) in [4.78, 5) is 10.9. The summed E-state index contributed by atoms with van der Waals surface area (Å²) in [6.07, 6.45) is 1.68. The van der Waals surface area contributed by atoms with Crippen LogP contribution >= 0.6 is 0 Å². The first-order valence-electron chi connectivity index (χ1n) is 4.27. The van der Waals surface area contributed by atoms with Crippen molar-refractivity contribution in [3.05, 3.63) is 12.2 Å². The van der Waals surface area contributed by atoms with Gasteiger partial charge in [-0.1, -0.05) is 27.4 Å². The summed E-state index contributed by atoms with van der Waals surface area (Å²) < 4.78 is 5.11. The number of cyclic esters (lactones) is 1. The third-order valence-electron chi connectivity index (χ3n) is 1.88. The number of hydrogen-bond donors (Lipinski definition) is 0. The molecule has 0 N–H and O–H groups in total. The van der Waals surface area contributed by atoms with Gasteiger partial charge in [0.25, 0.3) is 0 Å². The smallest absolute Gasteiger partial charge is 0.333 e. The highest BCUT2D eigenvalue weighted by Crippen LogP contribution is 2.29. The molecule has 0 bridgehead atoms. The molecule has 68 valence electrons. The minimum Gasteiger partial charge on any atom is -0.459 e. The SMILES string of the molecule is C=C1CC(CC(C)(C)C)OC1=O. The molecule has 0 aromatic rings. The molecule has 0 aromatic carbocycles. The van der Waals surface area contributed by atoms with Crippen LogP contribution in [0.1, 0.15) is 33.6 Å². The third kappa shape index (κ3) is 2.36. The average molecular weight is 168 g/mol. The molecule has 1 unspecified atom stereocenters. The van der Waals surface area contributed by atoms with E-state index in [4.69, 9.17) is 4.74 Å². The van der Waals surface area contributed by atoms with Gasteiger partial charge in [-0.25, -0.2) is 4.79 Å². The van der Waals surface area contributed by atoms with Crippen molar-refractivity contribution in [1.82, 2.24) is 0 Å². The number of carbonyl (C=O) groups is 1. The van der Waals surface area contributed by atoms with Crippen LogP contribution in [0, 0.1) is 5.41 Å². The third-order valence-corrected chi connectivity index (χ3v) is 1.88. The first-order chi connectivity index (χ1) is 5.38. The predicted octanol–water partition coefficient (Wildman–Crippen LogP) is 2.29. The number of esters is 1. The van der Waals surface area contributed by atoms with Crippen molar-refractivity contribution in [2.75, 3.05) is 0 Å². The van der Waals surface area contributed by atoms with Gasteiger partial charge in [-0.3, -0.25) is 0 Å². The lowest BCUT2D eigenvalue weighted by Crippen LogP contribution is -2.17. The monoisotopic (exact) mass is 168 g/mol. The van der Waals surface area contributed by atoms with Gasteiger partial charge < -0.3 is 4.74 Å². The summed E-state index contributed by atoms with van der Waals surface area (Å²) >= 11 is 0. The molecule has 1 heterocycles. The van der Waals surface area contributed by atoms with Crippen LogP contribution in [-0.4, -0.2) is 12.1 Å². The van der Waals surface area contributed by atoms with Crippen LogP contribution in [0.15, 0.2) is 12.2 Å². The summed E-state index contributed by atoms with van der Waals surface area (Å²) in [5, 5.41) is 0. The van der Waals surface area contributed by atoms with Crippen molar-refractivity contribution in [3.8, 4) is 0 Å². The van der Waals surface area contributed by atoms with E-state index in [2.05, 4.69) is 27.4 Å². The Bertz CT molecular complexity index is 194. The van der Waals surface area contributed by atoms with Crippen molar-refractivity contribution in [2.45, 2.75) is 39.7 Å². The van der Waals surface area contributed by atoms with Crippen LogP contribution in [0.4, 0.5) is 0 Å². The van der Waals surface area contributed by atoms with E-state index < -0.39 is 0 Å².